The van der Waals surface area contributed by atoms with Crippen LogP contribution in [0.2, 0.25) is 0 Å². The number of β-lactam (4-membered cyclic amide) rings is 1. The highest BCUT2D eigenvalue weighted by Crippen LogP contribution is 2.41. The summed E-state index contributed by atoms with van der Waals surface area (Å²) in [4.78, 5) is 60.0. The molecule has 2 amide bonds. The van der Waals surface area contributed by atoms with Crippen molar-refractivity contribution in [2.45, 2.75) is 30.3 Å². The van der Waals surface area contributed by atoms with Crippen LogP contribution >= 0.6 is 23.5 Å². The van der Waals surface area contributed by atoms with Crippen LogP contribution < -0.4 is 15.6 Å². The summed E-state index contributed by atoms with van der Waals surface area (Å²) in [5.41, 5.74) is 1.19. The summed E-state index contributed by atoms with van der Waals surface area (Å²) in [6, 6.07) is 12.0. The van der Waals surface area contributed by atoms with Gasteiger partial charge in [-0.2, -0.15) is 0 Å². The Hall–Kier alpha value is -4.03. The lowest BCUT2D eigenvalue weighted by atomic mass is 9.98. The summed E-state index contributed by atoms with van der Waals surface area (Å²) < 4.78 is 6.05. The molecular formula is C28H24N4O6S2. The van der Waals surface area contributed by atoms with Crippen molar-refractivity contribution in [1.29, 1.82) is 0 Å². The second kappa shape index (κ2) is 10.9. The van der Waals surface area contributed by atoms with Crippen LogP contribution in [-0.4, -0.2) is 67.6 Å². The first-order valence-electron chi connectivity index (χ1n) is 12.6. The number of nitrogens with zero attached hydrogens (tertiary/aromatic N) is 2. The molecule has 0 bridgehead atoms. The fourth-order valence-corrected chi connectivity index (χ4v) is 7.14. The Bertz CT molecular complexity index is 1650. The van der Waals surface area contributed by atoms with Crippen molar-refractivity contribution in [3.63, 3.8) is 0 Å². The molecule has 1 aromatic heterocycles. The second-order valence-corrected chi connectivity index (χ2v) is 11.7. The molecule has 4 heterocycles. The largest absolute Gasteiger partial charge is 0.488 e. The maximum Gasteiger partial charge on any atom is 0.330 e. The van der Waals surface area contributed by atoms with E-state index in [0.717, 1.165) is 17.1 Å². The number of thioether (sulfide) groups is 2. The summed E-state index contributed by atoms with van der Waals surface area (Å²) in [7, 11) is 0. The molecule has 0 aliphatic carbocycles. The number of hydrogen-bond acceptors (Lipinski definition) is 8. The quantitative estimate of drug-likeness (QED) is 0.345. The van der Waals surface area contributed by atoms with Crippen molar-refractivity contribution in [2.75, 3.05) is 12.4 Å². The number of H-pyrrole nitrogens is 1. The summed E-state index contributed by atoms with van der Waals surface area (Å²) >= 11 is 2.92. The number of carbonyl (C=O) groups excluding carboxylic acids is 2. The van der Waals surface area contributed by atoms with E-state index in [1.807, 2.05) is 6.08 Å². The van der Waals surface area contributed by atoms with Gasteiger partial charge in [0.2, 0.25) is 11.8 Å². The Kier molecular flexibility index (Phi) is 7.11. The molecule has 3 atom stereocenters. The predicted molar refractivity (Wildman–Crippen MR) is 153 cm³/mol. The first-order chi connectivity index (χ1) is 19.4. The van der Waals surface area contributed by atoms with Gasteiger partial charge in [-0.3, -0.25) is 14.4 Å². The number of hydrogen-bond donors (Lipinski definition) is 3. The number of fused-ring (bicyclic) bond motifs is 2. The molecule has 12 heteroatoms. The predicted octanol–water partition coefficient (Wildman–Crippen LogP) is 3.12. The molecule has 1 fully saturated rings. The van der Waals surface area contributed by atoms with Crippen molar-refractivity contribution in [3.8, 4) is 17.1 Å². The average Bonchev–Trinajstić information content (AvgIpc) is 3.47. The van der Waals surface area contributed by atoms with Gasteiger partial charge in [0.15, 0.2) is 6.04 Å². The van der Waals surface area contributed by atoms with E-state index in [9.17, 15) is 24.3 Å². The maximum atomic E-state index is 13.0. The number of carboxylic acid groups (broad SMARTS) is 1. The number of carboxylic acids is 1. The minimum atomic E-state index is -1.22. The van der Waals surface area contributed by atoms with Gasteiger partial charge in [-0.15, -0.1) is 23.5 Å². The van der Waals surface area contributed by atoms with Gasteiger partial charge in [-0.25, -0.2) is 9.78 Å². The Labute approximate surface area is 236 Å². The highest BCUT2D eigenvalue weighted by atomic mass is 32.2. The Balaban J connectivity index is 1.19. The molecule has 40 heavy (non-hydrogen) atoms. The smallest absolute Gasteiger partial charge is 0.330 e. The van der Waals surface area contributed by atoms with Crippen LogP contribution in [0.5, 0.6) is 5.75 Å². The van der Waals surface area contributed by atoms with Gasteiger partial charge >= 0.3 is 5.97 Å². The molecule has 3 unspecified atom stereocenters. The topological polar surface area (TPSA) is 142 Å². The molecule has 3 N–H and O–H groups in total. The van der Waals surface area contributed by atoms with Crippen LogP contribution in [-0.2, 0) is 14.4 Å². The molecule has 204 valence electrons. The van der Waals surface area contributed by atoms with Gasteiger partial charge in [-0.05, 0) is 41.0 Å². The standard InChI is InChI=1S/C28H24N4O6S2/c33-21(12-16-6-5-11-39-16)30-22-26(35)32-23(28(36)37)15(14-40-27(22)32)13-38-20-10-4-2-8-18(20)24-29-19-9-3-1-7-17(19)25(34)31-24/h1-4,6-10,14,22-23,27H,5,11-13H2,(H,30,33)(H,36,37)(H,29,31,34). The van der Waals surface area contributed by atoms with Crippen LogP contribution in [0, 0.1) is 0 Å². The van der Waals surface area contributed by atoms with Crippen LogP contribution in [0.15, 0.2) is 75.3 Å². The minimum absolute atomic E-state index is 0.0995. The molecular weight excluding hydrogens is 552 g/mol. The fourth-order valence-electron chi connectivity index (χ4n) is 4.97. The monoisotopic (exact) mass is 576 g/mol. The van der Waals surface area contributed by atoms with E-state index < -0.39 is 29.3 Å². The molecule has 0 radical (unpaired) electrons. The summed E-state index contributed by atoms with van der Waals surface area (Å²) in [5, 5.41) is 14.4. The summed E-state index contributed by atoms with van der Waals surface area (Å²) in [6.07, 6.45) is 3.18. The van der Waals surface area contributed by atoms with Crippen molar-refractivity contribution in [3.05, 3.63) is 80.8 Å². The molecule has 0 saturated carbocycles. The lowest BCUT2D eigenvalue weighted by molar-refractivity contribution is -0.160. The molecule has 3 aliphatic heterocycles. The number of amides is 2. The lowest BCUT2D eigenvalue weighted by Gasteiger charge is -2.51. The summed E-state index contributed by atoms with van der Waals surface area (Å²) in [6.45, 7) is -0.0995. The third kappa shape index (κ3) is 4.88. The minimum Gasteiger partial charge on any atom is -0.488 e. The average molecular weight is 577 g/mol. The summed E-state index contributed by atoms with van der Waals surface area (Å²) in [5.74, 6) is -0.188. The molecule has 0 spiro atoms. The van der Waals surface area contributed by atoms with Gasteiger partial charge in [0.25, 0.3) is 5.56 Å². The number of allylic oxidation sites excluding steroid dienone is 1. The molecule has 3 aliphatic rings. The maximum absolute atomic E-state index is 13.0. The van der Waals surface area contributed by atoms with Crippen molar-refractivity contribution >= 4 is 52.2 Å². The molecule has 10 nitrogen and oxygen atoms in total. The highest BCUT2D eigenvalue weighted by molar-refractivity contribution is 8.03. The number of nitrogens with one attached hydrogen (secondary N) is 2. The first-order valence-corrected chi connectivity index (χ1v) is 14.6. The Morgan fingerprint density at radius 3 is 2.75 bits per heavy atom. The van der Waals surface area contributed by atoms with Gasteiger partial charge in [0.1, 0.15) is 29.6 Å². The molecule has 3 aromatic rings. The fraction of sp³-hybridized carbons (Fsp3) is 0.250. The third-order valence-electron chi connectivity index (χ3n) is 6.88. The van der Waals surface area contributed by atoms with E-state index in [2.05, 4.69) is 15.3 Å². The van der Waals surface area contributed by atoms with E-state index >= 15 is 0 Å². The van der Waals surface area contributed by atoms with Crippen molar-refractivity contribution in [2.24, 2.45) is 0 Å². The molecule has 1 saturated heterocycles. The van der Waals surface area contributed by atoms with Gasteiger partial charge in [-0.1, -0.05) is 30.3 Å². The van der Waals surface area contributed by atoms with E-state index in [0.29, 0.717) is 33.6 Å². The van der Waals surface area contributed by atoms with Crippen LogP contribution in [0.3, 0.4) is 0 Å². The van der Waals surface area contributed by atoms with Gasteiger partial charge in [0, 0.05) is 11.3 Å². The van der Waals surface area contributed by atoms with Crippen LogP contribution in [0.4, 0.5) is 0 Å². The van der Waals surface area contributed by atoms with Gasteiger partial charge in [0.05, 0.1) is 22.9 Å². The number of aliphatic carboxylic acids is 1. The zero-order chi connectivity index (χ0) is 27.8. The zero-order valence-corrected chi connectivity index (χ0v) is 22.7. The SMILES string of the molecule is O=C(CC1=CCCS1)NC1C(=O)N2C(C(=O)O)C(COc3ccccc3-c3nc4ccccc4c(=O)[nH]3)=CSC12. The zero-order valence-electron chi connectivity index (χ0n) is 21.0. The number of para-hydroxylation sites is 2. The number of aromatic nitrogens is 2. The number of carbonyl (C=O) groups is 3. The van der Waals surface area contributed by atoms with E-state index in [4.69, 9.17) is 4.74 Å². The highest BCUT2D eigenvalue weighted by Gasteiger charge is 2.56. The number of aromatic amines is 1. The van der Waals surface area contributed by atoms with Gasteiger partial charge < -0.3 is 25.0 Å². The van der Waals surface area contributed by atoms with Crippen LogP contribution in [0.1, 0.15) is 12.8 Å². The number of ether oxygens (including phenoxy) is 1. The van der Waals surface area contributed by atoms with Crippen molar-refractivity contribution in [1.82, 2.24) is 20.2 Å². The lowest BCUT2D eigenvalue weighted by Crippen LogP contribution is -2.74. The Morgan fingerprint density at radius 1 is 1.15 bits per heavy atom. The van der Waals surface area contributed by atoms with Crippen molar-refractivity contribution < 1.29 is 24.2 Å². The molecule has 2 aromatic carbocycles. The first kappa shape index (κ1) is 26.2. The number of benzene rings is 2. The number of rotatable bonds is 8. The van der Waals surface area contributed by atoms with E-state index in [1.54, 1.807) is 65.7 Å². The second-order valence-electron chi connectivity index (χ2n) is 9.45. The van der Waals surface area contributed by atoms with E-state index in [1.165, 1.54) is 16.7 Å². The van der Waals surface area contributed by atoms with Crippen LogP contribution in [0.25, 0.3) is 22.3 Å². The molecule has 6 rings (SSSR count). The van der Waals surface area contributed by atoms with E-state index in [-0.39, 0.29) is 24.5 Å². The Morgan fingerprint density at radius 2 is 1.95 bits per heavy atom. The normalized spacial score (nSPS) is 21.8. The third-order valence-corrected chi connectivity index (χ3v) is 9.22.